The van der Waals surface area contributed by atoms with Crippen LogP contribution < -0.4 is 9.47 Å². The summed E-state index contributed by atoms with van der Waals surface area (Å²) in [5, 5.41) is 13.1. The molecule has 1 aliphatic heterocycles. The first-order valence-corrected chi connectivity index (χ1v) is 12.5. The summed E-state index contributed by atoms with van der Waals surface area (Å²) >= 11 is 0. The molecule has 1 atom stereocenters. The van der Waals surface area contributed by atoms with Crippen molar-refractivity contribution in [2.24, 2.45) is 13.0 Å². The molecule has 0 radical (unpaired) electrons. The number of hydrogen-bond acceptors (Lipinski definition) is 6. The predicted octanol–water partition coefficient (Wildman–Crippen LogP) is 4.60. The maximum absolute atomic E-state index is 13.1. The van der Waals surface area contributed by atoms with Crippen molar-refractivity contribution in [1.82, 2.24) is 4.57 Å². The highest BCUT2D eigenvalue weighted by atomic mass is 16.7. The molecule has 0 unspecified atom stereocenters. The SMILES string of the molecule is CCCCCCCCOc1ccc([C@H](c2n(C)c(C)c(C)[n+]2[O-])C2C(=O)OC(C)(C)OC2=O)cc1. The molecule has 35 heavy (non-hydrogen) atoms. The van der Waals surface area contributed by atoms with Crippen molar-refractivity contribution in [3.63, 3.8) is 0 Å². The van der Waals surface area contributed by atoms with E-state index >= 15 is 0 Å². The van der Waals surface area contributed by atoms with Crippen LogP contribution in [-0.4, -0.2) is 28.9 Å². The third kappa shape index (κ3) is 5.97. The smallest absolute Gasteiger partial charge is 0.324 e. The van der Waals surface area contributed by atoms with Gasteiger partial charge in [0.05, 0.1) is 13.7 Å². The van der Waals surface area contributed by atoms with Gasteiger partial charge in [-0.3, -0.25) is 9.59 Å². The van der Waals surface area contributed by atoms with E-state index in [-0.39, 0.29) is 5.82 Å². The number of carbonyl (C=O) groups is 2. The lowest BCUT2D eigenvalue weighted by molar-refractivity contribution is -0.621. The Balaban J connectivity index is 1.85. The number of hydrogen-bond donors (Lipinski definition) is 0. The number of aromatic nitrogens is 2. The summed E-state index contributed by atoms with van der Waals surface area (Å²) in [5.74, 6) is -3.98. The van der Waals surface area contributed by atoms with Crippen LogP contribution in [0.3, 0.4) is 0 Å². The van der Waals surface area contributed by atoms with E-state index in [1.807, 2.05) is 6.92 Å². The normalized spacial score (nSPS) is 16.6. The second kappa shape index (κ2) is 11.1. The number of esters is 2. The molecule has 0 bridgehead atoms. The maximum Gasteiger partial charge on any atom is 0.324 e. The molecule has 1 aromatic carbocycles. The Hall–Kier alpha value is -3.03. The fourth-order valence-electron chi connectivity index (χ4n) is 4.54. The molecular weight excluding hydrogens is 448 g/mol. The highest BCUT2D eigenvalue weighted by Crippen LogP contribution is 2.38. The molecule has 1 aliphatic rings. The molecule has 0 saturated carbocycles. The lowest BCUT2D eigenvalue weighted by atomic mass is 9.84. The Morgan fingerprint density at radius 3 is 2.14 bits per heavy atom. The molecule has 192 valence electrons. The van der Waals surface area contributed by atoms with Crippen molar-refractivity contribution in [3.8, 4) is 5.75 Å². The van der Waals surface area contributed by atoms with Crippen LogP contribution in [0.2, 0.25) is 0 Å². The first kappa shape index (κ1) is 26.6. The molecule has 2 aromatic rings. The van der Waals surface area contributed by atoms with Gasteiger partial charge in [0.2, 0.25) is 0 Å². The summed E-state index contributed by atoms with van der Waals surface area (Å²) in [7, 11) is 1.75. The number of cyclic esters (lactones) is 2. The molecular formula is C27H38N2O6. The Morgan fingerprint density at radius 1 is 1.03 bits per heavy atom. The molecule has 0 aliphatic carbocycles. The van der Waals surface area contributed by atoms with Gasteiger partial charge in [-0.2, -0.15) is 0 Å². The third-order valence-electron chi connectivity index (χ3n) is 6.70. The van der Waals surface area contributed by atoms with Crippen LogP contribution in [0, 0.1) is 25.0 Å². The number of imidazole rings is 1. The first-order chi connectivity index (χ1) is 16.6. The summed E-state index contributed by atoms with van der Waals surface area (Å²) in [5.41, 5.74) is 1.88. The minimum atomic E-state index is -1.35. The summed E-state index contributed by atoms with van der Waals surface area (Å²) in [4.78, 5) is 26.0. The molecule has 8 nitrogen and oxygen atoms in total. The molecule has 1 fully saturated rings. The minimum Gasteiger partial charge on any atom is -0.711 e. The van der Waals surface area contributed by atoms with E-state index in [1.54, 1.807) is 42.8 Å². The highest BCUT2D eigenvalue weighted by molar-refractivity contribution is 5.98. The van der Waals surface area contributed by atoms with Gasteiger partial charge >= 0.3 is 11.9 Å². The zero-order valence-corrected chi connectivity index (χ0v) is 21.8. The number of carbonyl (C=O) groups excluding carboxylic acids is 2. The van der Waals surface area contributed by atoms with Crippen LogP contribution in [0.1, 0.15) is 88.0 Å². The number of unbranched alkanes of at least 4 members (excludes halogenated alkanes) is 5. The standard InChI is InChI=1S/C27H38N2O6/c1-7-8-9-10-11-12-17-33-21-15-13-20(14-16-21)22(24-28(6)18(2)19(3)29(24)32)23-25(30)34-27(4,5)35-26(23)31/h13-16,22-23H,7-12,17H2,1-6H3/t22-/m0/s1. The van der Waals surface area contributed by atoms with Crippen molar-refractivity contribution in [2.75, 3.05) is 6.61 Å². The average Bonchev–Trinajstić information content (AvgIpc) is 2.98. The van der Waals surface area contributed by atoms with Crippen molar-refractivity contribution < 1.29 is 28.5 Å². The first-order valence-electron chi connectivity index (χ1n) is 12.5. The summed E-state index contributed by atoms with van der Waals surface area (Å²) < 4.78 is 19.2. The summed E-state index contributed by atoms with van der Waals surface area (Å²) in [6.45, 7) is 9.38. The Bertz CT molecular complexity index is 995. The lowest BCUT2D eigenvalue weighted by Crippen LogP contribution is -2.50. The predicted molar refractivity (Wildman–Crippen MR) is 131 cm³/mol. The third-order valence-corrected chi connectivity index (χ3v) is 6.70. The molecule has 8 heteroatoms. The van der Waals surface area contributed by atoms with Crippen molar-refractivity contribution >= 4 is 11.9 Å². The van der Waals surface area contributed by atoms with Crippen LogP contribution in [0.5, 0.6) is 5.75 Å². The van der Waals surface area contributed by atoms with Gasteiger partial charge in [-0.1, -0.05) is 51.2 Å². The average molecular weight is 487 g/mol. The van der Waals surface area contributed by atoms with E-state index in [2.05, 4.69) is 6.92 Å². The molecule has 1 saturated heterocycles. The van der Waals surface area contributed by atoms with Crippen LogP contribution in [0.25, 0.3) is 0 Å². The fourth-order valence-corrected chi connectivity index (χ4v) is 4.54. The molecule has 0 amide bonds. The highest BCUT2D eigenvalue weighted by Gasteiger charge is 2.51. The van der Waals surface area contributed by atoms with Gasteiger partial charge in [0.25, 0.3) is 11.6 Å². The molecule has 3 rings (SSSR count). The van der Waals surface area contributed by atoms with Crippen LogP contribution >= 0.6 is 0 Å². The maximum atomic E-state index is 13.1. The van der Waals surface area contributed by atoms with Gasteiger partial charge in [-0.15, -0.1) is 0 Å². The Kier molecular flexibility index (Phi) is 8.46. The van der Waals surface area contributed by atoms with Gasteiger partial charge in [0.1, 0.15) is 23.1 Å². The van der Waals surface area contributed by atoms with E-state index in [1.165, 1.54) is 39.5 Å². The molecule has 0 N–H and O–H groups in total. The van der Waals surface area contributed by atoms with Gasteiger partial charge in [0.15, 0.2) is 5.92 Å². The second-order valence-electron chi connectivity index (χ2n) is 9.77. The van der Waals surface area contributed by atoms with Crippen LogP contribution in [-0.2, 0) is 26.1 Å². The van der Waals surface area contributed by atoms with Gasteiger partial charge in [-0.25, -0.2) is 9.30 Å². The minimum absolute atomic E-state index is 0.277. The second-order valence-corrected chi connectivity index (χ2v) is 9.77. The van der Waals surface area contributed by atoms with Gasteiger partial charge < -0.3 is 19.4 Å². The van der Waals surface area contributed by atoms with E-state index in [9.17, 15) is 14.8 Å². The number of rotatable bonds is 11. The van der Waals surface area contributed by atoms with Crippen molar-refractivity contribution in [3.05, 3.63) is 52.2 Å². The van der Waals surface area contributed by atoms with E-state index < -0.39 is 29.6 Å². The molecule has 2 heterocycles. The van der Waals surface area contributed by atoms with Crippen LogP contribution in [0.4, 0.5) is 0 Å². The quantitative estimate of drug-likeness (QED) is 0.152. The van der Waals surface area contributed by atoms with E-state index in [0.717, 1.165) is 23.3 Å². The van der Waals surface area contributed by atoms with Gasteiger partial charge in [-0.05, 0) is 24.1 Å². The topological polar surface area (TPSA) is 93.7 Å². The summed E-state index contributed by atoms with van der Waals surface area (Å²) in [6, 6.07) is 7.19. The van der Waals surface area contributed by atoms with E-state index in [4.69, 9.17) is 14.2 Å². The van der Waals surface area contributed by atoms with Crippen molar-refractivity contribution in [1.29, 1.82) is 0 Å². The number of ether oxygens (including phenoxy) is 3. The number of nitrogens with zero attached hydrogens (tertiary/aromatic N) is 2. The van der Waals surface area contributed by atoms with Gasteiger partial charge in [0, 0.05) is 27.7 Å². The fraction of sp³-hybridized carbons (Fsp3) is 0.593. The van der Waals surface area contributed by atoms with Crippen LogP contribution in [0.15, 0.2) is 24.3 Å². The zero-order chi connectivity index (χ0) is 25.8. The lowest BCUT2D eigenvalue weighted by Gasteiger charge is -2.35. The molecule has 1 aromatic heterocycles. The molecule has 0 spiro atoms. The monoisotopic (exact) mass is 486 g/mol. The Labute approximate surface area is 207 Å². The zero-order valence-electron chi connectivity index (χ0n) is 21.8. The Morgan fingerprint density at radius 2 is 1.60 bits per heavy atom. The van der Waals surface area contributed by atoms with Crippen molar-refractivity contribution in [2.45, 2.75) is 84.8 Å². The number of benzene rings is 1. The summed E-state index contributed by atoms with van der Waals surface area (Å²) in [6.07, 6.45) is 7.10. The largest absolute Gasteiger partial charge is 0.711 e. The van der Waals surface area contributed by atoms with E-state index in [0.29, 0.717) is 23.6 Å².